The van der Waals surface area contributed by atoms with Gasteiger partial charge in [0.25, 0.3) is 0 Å². The van der Waals surface area contributed by atoms with E-state index in [1.807, 2.05) is 36.4 Å². The van der Waals surface area contributed by atoms with Gasteiger partial charge in [-0.15, -0.1) is 12.4 Å². The average Bonchev–Trinajstić information content (AvgIpc) is 2.31. The molecule has 0 radical (unpaired) electrons. The van der Waals surface area contributed by atoms with Gasteiger partial charge in [-0.25, -0.2) is 4.79 Å². The summed E-state index contributed by atoms with van der Waals surface area (Å²) in [4.78, 5) is 11.6. The summed E-state index contributed by atoms with van der Waals surface area (Å²) in [6, 6.07) is 18.0. The van der Waals surface area contributed by atoms with Crippen molar-refractivity contribution in [3.63, 3.8) is 0 Å². The molecule has 0 saturated carbocycles. The summed E-state index contributed by atoms with van der Waals surface area (Å²) in [5, 5.41) is 0. The van der Waals surface area contributed by atoms with Crippen LogP contribution in [0.1, 0.15) is 10.4 Å². The molecule has 16 heavy (non-hydrogen) atoms. The van der Waals surface area contributed by atoms with Crippen LogP contribution in [0.2, 0.25) is 0 Å². The van der Waals surface area contributed by atoms with Gasteiger partial charge in [0.05, 0.1) is 5.56 Å². The van der Waals surface area contributed by atoms with Crippen molar-refractivity contribution in [1.82, 2.24) is 0 Å². The second-order valence-corrected chi connectivity index (χ2v) is 3.07. The second-order valence-electron chi connectivity index (χ2n) is 3.07. The second kappa shape index (κ2) is 5.93. The van der Waals surface area contributed by atoms with E-state index in [9.17, 15) is 4.79 Å². The molecule has 0 atom stereocenters. The van der Waals surface area contributed by atoms with E-state index in [2.05, 4.69) is 0 Å². The van der Waals surface area contributed by atoms with Crippen LogP contribution in [0.25, 0.3) is 0 Å². The maximum atomic E-state index is 11.6. The van der Waals surface area contributed by atoms with Gasteiger partial charge in [0.2, 0.25) is 0 Å². The molecule has 2 aromatic carbocycles. The molecule has 82 valence electrons. The third-order valence-corrected chi connectivity index (χ3v) is 1.96. The Labute approximate surface area is 100 Å². The number of para-hydroxylation sites is 1. The van der Waals surface area contributed by atoms with Crippen molar-refractivity contribution in [3.8, 4) is 5.75 Å². The maximum absolute atomic E-state index is 11.6. The van der Waals surface area contributed by atoms with Crippen molar-refractivity contribution < 1.29 is 9.53 Å². The number of rotatable bonds is 2. The highest BCUT2D eigenvalue weighted by molar-refractivity contribution is 5.90. The topological polar surface area (TPSA) is 26.3 Å². The molecule has 0 aliphatic rings. The lowest BCUT2D eigenvalue weighted by molar-refractivity contribution is 0.0735. The number of hydrogen-bond donors (Lipinski definition) is 0. The van der Waals surface area contributed by atoms with Crippen LogP contribution in [0.4, 0.5) is 0 Å². The molecule has 0 aliphatic heterocycles. The predicted octanol–water partition coefficient (Wildman–Crippen LogP) is 3.33. The molecule has 0 fully saturated rings. The van der Waals surface area contributed by atoms with E-state index in [-0.39, 0.29) is 18.4 Å². The van der Waals surface area contributed by atoms with E-state index in [1.54, 1.807) is 24.3 Å². The zero-order valence-electron chi connectivity index (χ0n) is 8.50. The van der Waals surface area contributed by atoms with E-state index in [4.69, 9.17) is 4.74 Å². The van der Waals surface area contributed by atoms with Crippen molar-refractivity contribution in [2.24, 2.45) is 0 Å². The first kappa shape index (κ1) is 12.3. The summed E-state index contributed by atoms with van der Waals surface area (Å²) >= 11 is 0. The van der Waals surface area contributed by atoms with Gasteiger partial charge in [0, 0.05) is 0 Å². The van der Waals surface area contributed by atoms with Gasteiger partial charge < -0.3 is 4.74 Å². The van der Waals surface area contributed by atoms with Crippen molar-refractivity contribution in [2.75, 3.05) is 0 Å². The molecule has 0 unspecified atom stereocenters. The highest BCUT2D eigenvalue weighted by atomic mass is 35.5. The van der Waals surface area contributed by atoms with Crippen LogP contribution in [-0.2, 0) is 0 Å². The Balaban J connectivity index is 0.00000128. The smallest absolute Gasteiger partial charge is 0.343 e. The fraction of sp³-hybridized carbons (Fsp3) is 0. The highest BCUT2D eigenvalue weighted by Gasteiger charge is 2.06. The lowest BCUT2D eigenvalue weighted by atomic mass is 10.2. The molecule has 0 aromatic heterocycles. The monoisotopic (exact) mass is 234 g/mol. The minimum Gasteiger partial charge on any atom is -0.423 e. The first-order valence-electron chi connectivity index (χ1n) is 4.68. The Morgan fingerprint density at radius 2 is 1.31 bits per heavy atom. The summed E-state index contributed by atoms with van der Waals surface area (Å²) in [6.45, 7) is 0. The number of carbonyl (C=O) groups excluding carboxylic acids is 1. The minimum absolute atomic E-state index is 0. The summed E-state index contributed by atoms with van der Waals surface area (Å²) in [7, 11) is 0. The molecule has 0 heterocycles. The molecule has 0 N–H and O–H groups in total. The number of halogens is 1. The van der Waals surface area contributed by atoms with Gasteiger partial charge in [-0.2, -0.15) is 0 Å². The average molecular weight is 235 g/mol. The van der Waals surface area contributed by atoms with Crippen LogP contribution >= 0.6 is 12.4 Å². The van der Waals surface area contributed by atoms with E-state index in [0.717, 1.165) is 0 Å². The molecule has 3 heteroatoms. The Morgan fingerprint density at radius 1 is 0.812 bits per heavy atom. The van der Waals surface area contributed by atoms with Crippen molar-refractivity contribution in [2.45, 2.75) is 0 Å². The molecule has 0 aliphatic carbocycles. The van der Waals surface area contributed by atoms with Crippen LogP contribution in [0.5, 0.6) is 5.75 Å². The van der Waals surface area contributed by atoms with Crippen molar-refractivity contribution >= 4 is 18.4 Å². The summed E-state index contributed by atoms with van der Waals surface area (Å²) in [6.07, 6.45) is 0. The Bertz CT molecular complexity index is 440. The molecular formula is C13H11ClO2. The predicted molar refractivity (Wildman–Crippen MR) is 65.1 cm³/mol. The molecule has 2 rings (SSSR count). The van der Waals surface area contributed by atoms with Gasteiger partial charge in [0.1, 0.15) is 5.75 Å². The largest absolute Gasteiger partial charge is 0.423 e. The molecule has 0 bridgehead atoms. The molecular weight excluding hydrogens is 224 g/mol. The fourth-order valence-electron chi connectivity index (χ4n) is 1.23. The van der Waals surface area contributed by atoms with Crippen LogP contribution < -0.4 is 4.74 Å². The van der Waals surface area contributed by atoms with Crippen molar-refractivity contribution in [3.05, 3.63) is 66.2 Å². The van der Waals surface area contributed by atoms with Gasteiger partial charge in [-0.1, -0.05) is 36.4 Å². The van der Waals surface area contributed by atoms with Crippen LogP contribution in [-0.4, -0.2) is 5.97 Å². The van der Waals surface area contributed by atoms with Crippen LogP contribution in [0, 0.1) is 0 Å². The van der Waals surface area contributed by atoms with Gasteiger partial charge in [-0.3, -0.25) is 0 Å². The highest BCUT2D eigenvalue weighted by Crippen LogP contribution is 2.11. The lowest BCUT2D eigenvalue weighted by Crippen LogP contribution is -2.07. The molecule has 2 nitrogen and oxygen atoms in total. The molecule has 0 amide bonds. The quantitative estimate of drug-likeness (QED) is 0.589. The first-order valence-corrected chi connectivity index (χ1v) is 4.68. The Morgan fingerprint density at radius 3 is 1.88 bits per heavy atom. The number of benzene rings is 2. The van der Waals surface area contributed by atoms with Crippen LogP contribution in [0.15, 0.2) is 60.7 Å². The van der Waals surface area contributed by atoms with E-state index < -0.39 is 0 Å². The fourth-order valence-corrected chi connectivity index (χ4v) is 1.23. The van der Waals surface area contributed by atoms with Gasteiger partial charge in [0.15, 0.2) is 0 Å². The lowest BCUT2D eigenvalue weighted by Gasteiger charge is -2.02. The van der Waals surface area contributed by atoms with Gasteiger partial charge >= 0.3 is 5.97 Å². The van der Waals surface area contributed by atoms with Crippen LogP contribution in [0.3, 0.4) is 0 Å². The molecule has 2 aromatic rings. The third kappa shape index (κ3) is 3.11. The number of hydrogen-bond acceptors (Lipinski definition) is 2. The Hall–Kier alpha value is -1.80. The summed E-state index contributed by atoms with van der Waals surface area (Å²) < 4.78 is 5.16. The standard InChI is InChI=1S/C13H10O2.ClH/c14-13(11-7-3-1-4-8-11)15-12-9-5-2-6-10-12;/h1-10H;1H. The first-order chi connectivity index (χ1) is 7.36. The number of ether oxygens (including phenoxy) is 1. The number of esters is 1. The van der Waals surface area contributed by atoms with E-state index in [0.29, 0.717) is 11.3 Å². The summed E-state index contributed by atoms with van der Waals surface area (Å²) in [5.74, 6) is 0.230. The van der Waals surface area contributed by atoms with E-state index >= 15 is 0 Å². The zero-order valence-corrected chi connectivity index (χ0v) is 9.31. The van der Waals surface area contributed by atoms with E-state index in [1.165, 1.54) is 0 Å². The summed E-state index contributed by atoms with van der Waals surface area (Å²) in [5.41, 5.74) is 0.557. The number of carbonyl (C=O) groups is 1. The minimum atomic E-state index is -0.332. The SMILES string of the molecule is Cl.O=C(Oc1ccccc1)c1ccccc1. The zero-order chi connectivity index (χ0) is 10.5. The molecule has 0 saturated heterocycles. The maximum Gasteiger partial charge on any atom is 0.343 e. The van der Waals surface area contributed by atoms with Gasteiger partial charge in [-0.05, 0) is 24.3 Å². The Kier molecular flexibility index (Phi) is 4.55. The normalized spacial score (nSPS) is 9.00. The molecule has 0 spiro atoms. The van der Waals surface area contributed by atoms with Crippen molar-refractivity contribution in [1.29, 1.82) is 0 Å². The third-order valence-electron chi connectivity index (χ3n) is 1.96.